The number of rotatable bonds is 3. The normalized spacial score (nSPS) is 11.2. The number of carbonyl (C=O) groups excluding carboxylic acids is 1. The Kier molecular flexibility index (Phi) is 2.80. The summed E-state index contributed by atoms with van der Waals surface area (Å²) in [7, 11) is 0. The van der Waals surface area contributed by atoms with Crippen molar-refractivity contribution in [1.82, 2.24) is 9.97 Å². The first-order valence-electron chi connectivity index (χ1n) is 6.84. The number of nitrogens with two attached hydrogens (primary N) is 1. The van der Waals surface area contributed by atoms with Gasteiger partial charge >= 0.3 is 0 Å². The molecule has 0 aliphatic rings. The molecule has 0 fully saturated rings. The molecule has 4 rings (SSSR count). The van der Waals surface area contributed by atoms with Gasteiger partial charge < -0.3 is 20.5 Å². The first-order chi connectivity index (χ1) is 11.1. The summed E-state index contributed by atoms with van der Waals surface area (Å²) < 4.78 is 18.6. The molecule has 0 spiro atoms. The molecule has 2 heterocycles. The van der Waals surface area contributed by atoms with E-state index in [1.165, 1.54) is 12.1 Å². The fourth-order valence-electron chi connectivity index (χ4n) is 2.42. The number of halogens is 1. The van der Waals surface area contributed by atoms with Crippen molar-refractivity contribution in [2.75, 3.05) is 5.32 Å². The fraction of sp³-hybridized carbons (Fsp3) is 0. The zero-order valence-electron chi connectivity index (χ0n) is 11.8. The molecule has 0 radical (unpaired) electrons. The lowest BCUT2D eigenvalue weighted by Gasteiger charge is -2.01. The number of H-pyrrole nitrogens is 1. The smallest absolute Gasteiger partial charge is 0.300 e. The van der Waals surface area contributed by atoms with Crippen LogP contribution in [-0.4, -0.2) is 15.9 Å². The molecule has 0 unspecified atom stereocenters. The largest absolute Gasteiger partial charge is 0.423 e. The Labute approximate surface area is 129 Å². The maximum absolute atomic E-state index is 13.2. The Bertz CT molecular complexity index is 1050. The van der Waals surface area contributed by atoms with Crippen LogP contribution in [0.3, 0.4) is 0 Å². The highest BCUT2D eigenvalue weighted by molar-refractivity contribution is 5.97. The minimum absolute atomic E-state index is 0.260. The Hall–Kier alpha value is -3.35. The van der Waals surface area contributed by atoms with Crippen LogP contribution in [0.2, 0.25) is 0 Å². The highest BCUT2D eigenvalue weighted by Gasteiger charge is 2.09. The van der Waals surface area contributed by atoms with E-state index in [0.29, 0.717) is 16.8 Å². The van der Waals surface area contributed by atoms with E-state index < -0.39 is 5.91 Å². The first-order valence-corrected chi connectivity index (χ1v) is 6.84. The van der Waals surface area contributed by atoms with Gasteiger partial charge in [-0.1, -0.05) is 0 Å². The third-order valence-corrected chi connectivity index (χ3v) is 3.49. The zero-order valence-corrected chi connectivity index (χ0v) is 11.8. The van der Waals surface area contributed by atoms with Crippen LogP contribution in [-0.2, 0) is 0 Å². The summed E-state index contributed by atoms with van der Waals surface area (Å²) in [5.74, 6) is -0.899. The van der Waals surface area contributed by atoms with E-state index >= 15 is 0 Å². The van der Waals surface area contributed by atoms with E-state index in [9.17, 15) is 9.18 Å². The molecule has 6 nitrogen and oxygen atoms in total. The maximum atomic E-state index is 13.2. The minimum atomic E-state index is -0.517. The lowest BCUT2D eigenvalue weighted by atomic mass is 10.2. The number of hydrogen-bond donors (Lipinski definition) is 3. The Morgan fingerprint density at radius 1 is 1.22 bits per heavy atom. The van der Waals surface area contributed by atoms with Crippen LogP contribution >= 0.6 is 0 Å². The second-order valence-electron chi connectivity index (χ2n) is 5.11. The first kappa shape index (κ1) is 13.3. The Morgan fingerprint density at radius 2 is 2.09 bits per heavy atom. The number of amides is 1. The molecule has 4 aromatic rings. The Morgan fingerprint density at radius 3 is 2.91 bits per heavy atom. The molecule has 1 amide bonds. The number of anilines is 2. The molecule has 0 saturated carbocycles. The summed E-state index contributed by atoms with van der Waals surface area (Å²) in [4.78, 5) is 18.4. The molecule has 0 atom stereocenters. The summed E-state index contributed by atoms with van der Waals surface area (Å²) in [5, 5.41) is 3.84. The number of hydrogen-bond acceptors (Lipinski definition) is 4. The predicted molar refractivity (Wildman–Crippen MR) is 84.1 cm³/mol. The minimum Gasteiger partial charge on any atom is -0.423 e. The lowest BCUT2D eigenvalue weighted by molar-refractivity contribution is 0.0996. The van der Waals surface area contributed by atoms with Gasteiger partial charge in [0, 0.05) is 22.7 Å². The van der Waals surface area contributed by atoms with E-state index in [2.05, 4.69) is 15.3 Å². The third-order valence-electron chi connectivity index (χ3n) is 3.49. The number of aromatic nitrogens is 2. The molecule has 0 aliphatic heterocycles. The van der Waals surface area contributed by atoms with Gasteiger partial charge in [0.15, 0.2) is 5.58 Å². The van der Waals surface area contributed by atoms with Gasteiger partial charge in [-0.25, -0.2) is 4.39 Å². The van der Waals surface area contributed by atoms with Crippen LogP contribution in [0.1, 0.15) is 10.5 Å². The number of nitrogens with zero attached hydrogens (tertiary/aromatic N) is 1. The van der Waals surface area contributed by atoms with E-state index in [1.54, 1.807) is 18.2 Å². The third kappa shape index (κ3) is 2.38. The maximum Gasteiger partial charge on any atom is 0.300 e. The van der Waals surface area contributed by atoms with Crippen molar-refractivity contribution in [2.45, 2.75) is 0 Å². The van der Waals surface area contributed by atoms with E-state index in [4.69, 9.17) is 10.2 Å². The van der Waals surface area contributed by atoms with Crippen LogP contribution < -0.4 is 11.1 Å². The van der Waals surface area contributed by atoms with Crippen LogP contribution in [0.25, 0.3) is 22.0 Å². The summed E-state index contributed by atoms with van der Waals surface area (Å²) in [6, 6.07) is 11.5. The summed E-state index contributed by atoms with van der Waals surface area (Å²) in [6.45, 7) is 0. The number of carbonyl (C=O) groups is 1. The monoisotopic (exact) mass is 310 g/mol. The highest BCUT2D eigenvalue weighted by atomic mass is 19.1. The molecular formula is C16H11FN4O2. The van der Waals surface area contributed by atoms with Gasteiger partial charge in [0.25, 0.3) is 11.9 Å². The molecule has 23 heavy (non-hydrogen) atoms. The molecular weight excluding hydrogens is 299 g/mol. The van der Waals surface area contributed by atoms with E-state index in [0.717, 1.165) is 16.6 Å². The SMILES string of the molecule is NC(=O)c1cc2cc(Nc3nc4ccc(F)cc4o3)ccc2[nH]1. The molecule has 114 valence electrons. The molecule has 0 bridgehead atoms. The Balaban J connectivity index is 1.69. The van der Waals surface area contributed by atoms with Crippen molar-refractivity contribution < 1.29 is 13.6 Å². The van der Waals surface area contributed by atoms with Gasteiger partial charge in [0.1, 0.15) is 17.0 Å². The zero-order chi connectivity index (χ0) is 16.0. The van der Waals surface area contributed by atoms with Crippen LogP contribution in [0.5, 0.6) is 0 Å². The van der Waals surface area contributed by atoms with Crippen LogP contribution in [0, 0.1) is 5.82 Å². The molecule has 2 aromatic carbocycles. The molecule has 4 N–H and O–H groups in total. The van der Waals surface area contributed by atoms with Gasteiger partial charge in [-0.05, 0) is 36.4 Å². The van der Waals surface area contributed by atoms with Crippen molar-refractivity contribution in [3.63, 3.8) is 0 Å². The highest BCUT2D eigenvalue weighted by Crippen LogP contribution is 2.25. The average Bonchev–Trinajstić information content (AvgIpc) is 3.09. The van der Waals surface area contributed by atoms with Gasteiger partial charge in [0.05, 0.1) is 0 Å². The van der Waals surface area contributed by atoms with Crippen molar-refractivity contribution >= 4 is 39.6 Å². The van der Waals surface area contributed by atoms with Gasteiger partial charge in [-0.3, -0.25) is 4.79 Å². The molecule has 0 aliphatic carbocycles. The summed E-state index contributed by atoms with van der Waals surface area (Å²) in [5.41, 5.74) is 8.04. The standard InChI is InChI=1S/C16H11FN4O2/c17-9-1-3-12-14(7-9)23-16(21-12)19-10-2-4-11-8(5-10)6-13(20-11)15(18)22/h1-7,20H,(H2,18,22)(H,19,21). The number of aromatic amines is 1. The predicted octanol–water partition coefficient (Wildman–Crippen LogP) is 3.29. The van der Waals surface area contributed by atoms with Crippen molar-refractivity contribution in [3.8, 4) is 0 Å². The number of benzene rings is 2. The number of fused-ring (bicyclic) bond motifs is 2. The van der Waals surface area contributed by atoms with Crippen molar-refractivity contribution in [2.24, 2.45) is 5.73 Å². The second kappa shape index (κ2) is 4.84. The number of nitrogens with one attached hydrogen (secondary N) is 2. The number of primary amides is 1. The van der Waals surface area contributed by atoms with Gasteiger partial charge in [-0.15, -0.1) is 0 Å². The topological polar surface area (TPSA) is 96.9 Å². The van der Waals surface area contributed by atoms with Crippen LogP contribution in [0.4, 0.5) is 16.1 Å². The van der Waals surface area contributed by atoms with Crippen LogP contribution in [0.15, 0.2) is 46.9 Å². The summed E-state index contributed by atoms with van der Waals surface area (Å²) >= 11 is 0. The molecule has 7 heteroatoms. The molecule has 0 saturated heterocycles. The fourth-order valence-corrected chi connectivity index (χ4v) is 2.42. The molecule has 2 aromatic heterocycles. The van der Waals surface area contributed by atoms with Gasteiger partial charge in [-0.2, -0.15) is 4.98 Å². The average molecular weight is 310 g/mol. The quantitative estimate of drug-likeness (QED) is 0.541. The second-order valence-corrected chi connectivity index (χ2v) is 5.11. The van der Waals surface area contributed by atoms with Crippen molar-refractivity contribution in [3.05, 3.63) is 54.0 Å². The van der Waals surface area contributed by atoms with E-state index in [-0.39, 0.29) is 11.8 Å². The lowest BCUT2D eigenvalue weighted by Crippen LogP contribution is -2.10. The van der Waals surface area contributed by atoms with Gasteiger partial charge in [0.2, 0.25) is 0 Å². The van der Waals surface area contributed by atoms with E-state index in [1.807, 2.05) is 12.1 Å². The summed E-state index contributed by atoms with van der Waals surface area (Å²) in [6.07, 6.45) is 0. The van der Waals surface area contributed by atoms with Crippen molar-refractivity contribution in [1.29, 1.82) is 0 Å². The number of oxazole rings is 1.